The minimum absolute atomic E-state index is 0.237. The zero-order chi connectivity index (χ0) is 22.0. The molecular weight excluding hydrogens is 383 g/mol. The molecule has 29 heavy (non-hydrogen) atoms. The van der Waals surface area contributed by atoms with Crippen LogP contribution in [-0.2, 0) is 19.1 Å². The molecule has 166 valence electrons. The third-order valence-corrected chi connectivity index (χ3v) is 4.54. The Hall–Kier alpha value is -2.39. The van der Waals surface area contributed by atoms with Crippen molar-refractivity contribution in [2.45, 2.75) is 77.4 Å². The summed E-state index contributed by atoms with van der Waals surface area (Å²) < 4.78 is 18.1. The highest BCUT2D eigenvalue weighted by molar-refractivity contribution is 5.88. The lowest BCUT2D eigenvalue weighted by Gasteiger charge is -2.30. The van der Waals surface area contributed by atoms with Crippen LogP contribution in [0.3, 0.4) is 0 Å². The number of nitrogens with zero attached hydrogens (tertiary/aromatic N) is 1. The molecule has 4 amide bonds. The fourth-order valence-electron chi connectivity index (χ4n) is 3.19. The largest absolute Gasteiger partial charge is 0.444 e. The van der Waals surface area contributed by atoms with Crippen LogP contribution in [0.5, 0.6) is 0 Å². The van der Waals surface area contributed by atoms with E-state index >= 15 is 0 Å². The molecule has 0 heterocycles. The maximum absolute atomic E-state index is 12.8. The molecule has 1 aliphatic carbocycles. The Morgan fingerprint density at radius 3 is 2.31 bits per heavy atom. The number of hydrogen-bond acceptors (Lipinski definition) is 5. The number of ether oxygens (including phenoxy) is 1. The van der Waals surface area contributed by atoms with E-state index in [0.717, 1.165) is 37.1 Å². The average molecular weight is 416 g/mol. The first kappa shape index (κ1) is 24.6. The van der Waals surface area contributed by atoms with Gasteiger partial charge in [-0.25, -0.2) is 9.18 Å². The number of hydrogen-bond donors (Lipinski definition) is 3. The second kappa shape index (κ2) is 11.6. The maximum atomic E-state index is 12.8. The fourth-order valence-corrected chi connectivity index (χ4v) is 3.19. The average Bonchev–Trinajstić information content (AvgIpc) is 2.62. The van der Waals surface area contributed by atoms with E-state index in [9.17, 15) is 23.6 Å². The van der Waals surface area contributed by atoms with E-state index in [1.165, 1.54) is 0 Å². The van der Waals surface area contributed by atoms with Gasteiger partial charge in [-0.2, -0.15) is 0 Å². The molecule has 1 unspecified atom stereocenters. The predicted molar refractivity (Wildman–Crippen MR) is 104 cm³/mol. The predicted octanol–water partition coefficient (Wildman–Crippen LogP) is 1.55. The number of hydrazine groups is 1. The van der Waals surface area contributed by atoms with Crippen molar-refractivity contribution >= 4 is 23.8 Å². The number of amides is 4. The molecule has 10 heteroatoms. The van der Waals surface area contributed by atoms with Crippen molar-refractivity contribution in [3.63, 3.8) is 0 Å². The van der Waals surface area contributed by atoms with Crippen molar-refractivity contribution < 1.29 is 28.3 Å². The van der Waals surface area contributed by atoms with Gasteiger partial charge in [-0.05, 0) is 33.1 Å². The molecule has 1 aliphatic rings. The van der Waals surface area contributed by atoms with Gasteiger partial charge in [0.1, 0.15) is 11.6 Å². The van der Waals surface area contributed by atoms with Crippen LogP contribution in [0.15, 0.2) is 0 Å². The lowest BCUT2D eigenvalue weighted by molar-refractivity contribution is -0.143. The van der Waals surface area contributed by atoms with Gasteiger partial charge in [0.2, 0.25) is 5.91 Å². The first-order valence-electron chi connectivity index (χ1n) is 9.96. The number of nitrogens with two attached hydrogens (primary N) is 1. The number of nitrogens with one attached hydrogen (secondary N) is 2. The van der Waals surface area contributed by atoms with E-state index in [0.29, 0.717) is 6.42 Å². The van der Waals surface area contributed by atoms with Gasteiger partial charge in [-0.1, -0.05) is 32.1 Å². The highest BCUT2D eigenvalue weighted by atomic mass is 19.1. The van der Waals surface area contributed by atoms with Gasteiger partial charge in [0.05, 0.1) is 6.54 Å². The van der Waals surface area contributed by atoms with Crippen molar-refractivity contribution in [2.75, 3.05) is 13.2 Å². The fraction of sp³-hybridized carbons (Fsp3) is 0.789. The van der Waals surface area contributed by atoms with Crippen molar-refractivity contribution in [3.05, 3.63) is 0 Å². The molecule has 1 atom stereocenters. The maximum Gasteiger partial charge on any atom is 0.408 e. The normalized spacial score (nSPS) is 15.9. The van der Waals surface area contributed by atoms with Crippen LogP contribution in [0.4, 0.5) is 9.18 Å². The van der Waals surface area contributed by atoms with Gasteiger partial charge in [0.25, 0.3) is 11.8 Å². The second-order valence-corrected chi connectivity index (χ2v) is 8.31. The molecule has 1 fully saturated rings. The molecule has 1 rings (SSSR count). The summed E-state index contributed by atoms with van der Waals surface area (Å²) in [6.07, 6.45) is 4.50. The number of carbonyl (C=O) groups is 4. The Kier molecular flexibility index (Phi) is 9.84. The topological polar surface area (TPSA) is 131 Å². The molecule has 0 saturated heterocycles. The smallest absolute Gasteiger partial charge is 0.408 e. The van der Waals surface area contributed by atoms with Crippen LogP contribution < -0.4 is 16.5 Å². The van der Waals surface area contributed by atoms with Crippen LogP contribution in [0.2, 0.25) is 0 Å². The minimum Gasteiger partial charge on any atom is -0.444 e. The minimum atomic E-state index is -1.34. The molecule has 0 aromatic carbocycles. The summed E-state index contributed by atoms with van der Waals surface area (Å²) in [5, 5.41) is 3.27. The highest BCUT2D eigenvalue weighted by Gasteiger charge is 2.30. The van der Waals surface area contributed by atoms with Gasteiger partial charge in [0, 0.05) is 6.42 Å². The lowest BCUT2D eigenvalue weighted by Crippen LogP contribution is -2.56. The summed E-state index contributed by atoms with van der Waals surface area (Å²) in [6.45, 7) is 3.51. The second-order valence-electron chi connectivity index (χ2n) is 8.31. The van der Waals surface area contributed by atoms with E-state index in [-0.39, 0.29) is 18.9 Å². The Labute approximate surface area is 170 Å². The summed E-state index contributed by atoms with van der Waals surface area (Å²) in [6, 6.07) is -0.962. The SMILES string of the molecule is CC(C)(C)OC(=O)NC(CC1CCCCC1)C(=O)NN(CCC(N)=O)C(=O)CF. The van der Waals surface area contributed by atoms with Crippen LogP contribution in [0.1, 0.15) is 65.7 Å². The van der Waals surface area contributed by atoms with Gasteiger partial charge in [-0.3, -0.25) is 24.8 Å². The molecule has 9 nitrogen and oxygen atoms in total. The summed E-state index contributed by atoms with van der Waals surface area (Å²) in [4.78, 5) is 47.7. The molecule has 1 saturated carbocycles. The van der Waals surface area contributed by atoms with Gasteiger partial charge in [-0.15, -0.1) is 0 Å². The summed E-state index contributed by atoms with van der Waals surface area (Å²) >= 11 is 0. The Morgan fingerprint density at radius 1 is 1.17 bits per heavy atom. The molecule has 0 aliphatic heterocycles. The van der Waals surface area contributed by atoms with Crippen molar-refractivity contribution in [3.8, 4) is 0 Å². The summed E-state index contributed by atoms with van der Waals surface area (Å²) in [7, 11) is 0. The van der Waals surface area contributed by atoms with Gasteiger partial charge < -0.3 is 15.8 Å². The zero-order valence-electron chi connectivity index (χ0n) is 17.5. The van der Waals surface area contributed by atoms with E-state index in [4.69, 9.17) is 10.5 Å². The Morgan fingerprint density at radius 2 is 1.79 bits per heavy atom. The monoisotopic (exact) mass is 416 g/mol. The molecular formula is C19H33FN4O5. The van der Waals surface area contributed by atoms with E-state index in [1.807, 2.05) is 0 Å². The first-order chi connectivity index (χ1) is 13.5. The van der Waals surface area contributed by atoms with Crippen LogP contribution in [0, 0.1) is 5.92 Å². The third-order valence-electron chi connectivity index (χ3n) is 4.54. The number of alkyl halides is 1. The molecule has 0 radical (unpaired) electrons. The molecule has 4 N–H and O–H groups in total. The quantitative estimate of drug-likeness (QED) is 0.517. The van der Waals surface area contributed by atoms with E-state index in [1.54, 1.807) is 20.8 Å². The number of halogens is 1. The van der Waals surface area contributed by atoms with Crippen LogP contribution >= 0.6 is 0 Å². The van der Waals surface area contributed by atoms with Crippen molar-refractivity contribution in [1.82, 2.24) is 15.8 Å². The van der Waals surface area contributed by atoms with Gasteiger partial charge >= 0.3 is 6.09 Å². The first-order valence-corrected chi connectivity index (χ1v) is 9.96. The molecule has 0 aromatic heterocycles. The lowest BCUT2D eigenvalue weighted by atomic mass is 9.84. The Bertz CT molecular complexity index is 588. The Balaban J connectivity index is 2.86. The van der Waals surface area contributed by atoms with Gasteiger partial charge in [0.15, 0.2) is 6.67 Å². The number of rotatable bonds is 8. The van der Waals surface area contributed by atoms with E-state index < -0.39 is 42.1 Å². The summed E-state index contributed by atoms with van der Waals surface area (Å²) in [5.41, 5.74) is 6.63. The van der Waals surface area contributed by atoms with Crippen molar-refractivity contribution in [2.24, 2.45) is 11.7 Å². The number of primary amides is 1. The van der Waals surface area contributed by atoms with E-state index in [2.05, 4.69) is 10.7 Å². The zero-order valence-corrected chi connectivity index (χ0v) is 17.5. The molecule has 0 spiro atoms. The number of carbonyl (C=O) groups excluding carboxylic acids is 4. The standard InChI is InChI=1S/C19H33FN4O5/c1-19(2,3)29-18(28)22-14(11-13-7-5-4-6-8-13)17(27)23-24(16(26)12-20)10-9-15(21)25/h13-14H,4-12H2,1-3H3,(H2,21,25)(H,22,28)(H,23,27). The highest BCUT2D eigenvalue weighted by Crippen LogP contribution is 2.27. The molecule has 0 bridgehead atoms. The van der Waals surface area contributed by atoms with Crippen LogP contribution in [-0.4, -0.2) is 53.7 Å². The molecule has 0 aromatic rings. The van der Waals surface area contributed by atoms with Crippen molar-refractivity contribution in [1.29, 1.82) is 0 Å². The van der Waals surface area contributed by atoms with Crippen LogP contribution in [0.25, 0.3) is 0 Å². The third kappa shape index (κ3) is 10.1. The number of alkyl carbamates (subject to hydrolysis) is 1. The summed E-state index contributed by atoms with van der Waals surface area (Å²) in [5.74, 6) is -2.13.